The standard InChI is InChI=1S/C18H29N5O.2ClH/c1-13(2)17-20-14(3)12-16(21-17)22-8-10-23(11-9-22)18(24)15-6-4-5-7-19-15;;/h12-13,15,19H,4-11H2,1-3H3;2*1H. The van der Waals surface area contributed by atoms with E-state index in [1.165, 1.54) is 6.42 Å². The number of aryl methyl sites for hydroxylation is 1. The zero-order valence-corrected chi connectivity index (χ0v) is 17.5. The van der Waals surface area contributed by atoms with Gasteiger partial charge in [0, 0.05) is 43.9 Å². The lowest BCUT2D eigenvalue weighted by molar-refractivity contribution is -0.134. The van der Waals surface area contributed by atoms with Gasteiger partial charge in [0.25, 0.3) is 0 Å². The van der Waals surface area contributed by atoms with Crippen LogP contribution in [0.1, 0.15) is 50.5 Å². The number of carbonyl (C=O) groups is 1. The monoisotopic (exact) mass is 403 g/mol. The number of anilines is 1. The maximum Gasteiger partial charge on any atom is 0.239 e. The van der Waals surface area contributed by atoms with Crippen molar-refractivity contribution in [3.8, 4) is 0 Å². The van der Waals surface area contributed by atoms with E-state index in [-0.39, 0.29) is 36.8 Å². The lowest BCUT2D eigenvalue weighted by Crippen LogP contribution is -2.55. The fourth-order valence-electron chi connectivity index (χ4n) is 3.43. The Bertz CT molecular complexity index is 585. The summed E-state index contributed by atoms with van der Waals surface area (Å²) in [6, 6.07) is 2.07. The van der Waals surface area contributed by atoms with Crippen LogP contribution >= 0.6 is 24.8 Å². The number of amides is 1. The Kier molecular flexibility index (Phi) is 9.07. The van der Waals surface area contributed by atoms with E-state index in [0.29, 0.717) is 5.92 Å². The number of piperidine rings is 1. The highest BCUT2D eigenvalue weighted by atomic mass is 35.5. The van der Waals surface area contributed by atoms with Gasteiger partial charge in [-0.25, -0.2) is 9.97 Å². The van der Waals surface area contributed by atoms with Crippen molar-refractivity contribution in [2.45, 2.75) is 52.0 Å². The van der Waals surface area contributed by atoms with Crippen LogP contribution in [0.5, 0.6) is 0 Å². The van der Waals surface area contributed by atoms with Gasteiger partial charge in [-0.2, -0.15) is 0 Å². The number of halogens is 2. The lowest BCUT2D eigenvalue weighted by atomic mass is 10.0. The number of nitrogens with one attached hydrogen (secondary N) is 1. The molecule has 0 radical (unpaired) electrons. The van der Waals surface area contributed by atoms with Gasteiger partial charge in [0.05, 0.1) is 6.04 Å². The largest absolute Gasteiger partial charge is 0.353 e. The fourth-order valence-corrected chi connectivity index (χ4v) is 3.43. The van der Waals surface area contributed by atoms with Gasteiger partial charge in [-0.15, -0.1) is 24.8 Å². The van der Waals surface area contributed by atoms with Gasteiger partial charge in [0.1, 0.15) is 11.6 Å². The molecule has 8 heteroatoms. The van der Waals surface area contributed by atoms with Crippen molar-refractivity contribution in [2.24, 2.45) is 0 Å². The molecule has 1 atom stereocenters. The van der Waals surface area contributed by atoms with Crippen LogP contribution in [0.15, 0.2) is 6.07 Å². The smallest absolute Gasteiger partial charge is 0.239 e. The van der Waals surface area contributed by atoms with Crippen molar-refractivity contribution >= 4 is 36.5 Å². The van der Waals surface area contributed by atoms with E-state index in [2.05, 4.69) is 29.0 Å². The predicted molar refractivity (Wildman–Crippen MR) is 110 cm³/mol. The average Bonchev–Trinajstić information content (AvgIpc) is 2.61. The third kappa shape index (κ3) is 5.44. The molecule has 0 bridgehead atoms. The molecule has 1 N–H and O–H groups in total. The molecule has 2 fully saturated rings. The molecule has 0 spiro atoms. The van der Waals surface area contributed by atoms with Crippen molar-refractivity contribution in [1.29, 1.82) is 0 Å². The van der Waals surface area contributed by atoms with Crippen LogP contribution in [0.3, 0.4) is 0 Å². The third-order valence-electron chi connectivity index (χ3n) is 4.90. The maximum absolute atomic E-state index is 12.6. The molecule has 1 aromatic heterocycles. The maximum atomic E-state index is 12.6. The molecule has 1 unspecified atom stereocenters. The summed E-state index contributed by atoms with van der Waals surface area (Å²) in [5.74, 6) is 2.49. The first-order valence-electron chi connectivity index (χ1n) is 9.17. The van der Waals surface area contributed by atoms with E-state index in [0.717, 1.165) is 62.9 Å². The molecule has 3 heterocycles. The van der Waals surface area contributed by atoms with Crippen molar-refractivity contribution in [3.05, 3.63) is 17.6 Å². The first-order chi connectivity index (χ1) is 11.5. The Labute approximate surface area is 169 Å². The second-order valence-corrected chi connectivity index (χ2v) is 7.20. The Morgan fingerprint density at radius 1 is 1.15 bits per heavy atom. The highest BCUT2D eigenvalue weighted by Gasteiger charge is 2.28. The number of hydrogen-bond donors (Lipinski definition) is 1. The summed E-state index contributed by atoms with van der Waals surface area (Å²) in [6.07, 6.45) is 3.31. The summed E-state index contributed by atoms with van der Waals surface area (Å²) in [4.78, 5) is 26.1. The number of nitrogens with zero attached hydrogens (tertiary/aromatic N) is 4. The van der Waals surface area contributed by atoms with E-state index in [4.69, 9.17) is 4.98 Å². The molecule has 1 amide bonds. The van der Waals surface area contributed by atoms with E-state index in [1.54, 1.807) is 0 Å². The SMILES string of the molecule is Cc1cc(N2CCN(C(=O)C3CCCCN3)CC2)nc(C(C)C)n1.Cl.Cl. The molecule has 1 aromatic rings. The predicted octanol–water partition coefficient (Wildman–Crippen LogP) is 2.54. The molecule has 26 heavy (non-hydrogen) atoms. The zero-order chi connectivity index (χ0) is 17.1. The summed E-state index contributed by atoms with van der Waals surface area (Å²) >= 11 is 0. The zero-order valence-electron chi connectivity index (χ0n) is 15.9. The summed E-state index contributed by atoms with van der Waals surface area (Å²) in [5, 5.41) is 3.36. The Morgan fingerprint density at radius 2 is 1.85 bits per heavy atom. The molecule has 3 rings (SSSR count). The van der Waals surface area contributed by atoms with Crippen LogP contribution in [0.2, 0.25) is 0 Å². The summed E-state index contributed by atoms with van der Waals surface area (Å²) in [6.45, 7) is 10.5. The topological polar surface area (TPSA) is 61.4 Å². The van der Waals surface area contributed by atoms with E-state index in [9.17, 15) is 4.79 Å². The van der Waals surface area contributed by atoms with Gasteiger partial charge in [-0.05, 0) is 26.3 Å². The molecule has 6 nitrogen and oxygen atoms in total. The second kappa shape index (κ2) is 10.3. The van der Waals surface area contributed by atoms with E-state index < -0.39 is 0 Å². The molecule has 2 aliphatic heterocycles. The molecular formula is C18H31Cl2N5O. The van der Waals surface area contributed by atoms with Gasteiger partial charge >= 0.3 is 0 Å². The van der Waals surface area contributed by atoms with Crippen molar-refractivity contribution in [3.63, 3.8) is 0 Å². The molecule has 2 saturated heterocycles. The number of piperazine rings is 1. The molecular weight excluding hydrogens is 373 g/mol. The van der Waals surface area contributed by atoms with Crippen LogP contribution in [-0.4, -0.2) is 59.5 Å². The van der Waals surface area contributed by atoms with Crippen molar-refractivity contribution < 1.29 is 4.79 Å². The summed E-state index contributed by atoms with van der Waals surface area (Å²) in [7, 11) is 0. The second-order valence-electron chi connectivity index (χ2n) is 7.20. The summed E-state index contributed by atoms with van der Waals surface area (Å²) in [5.41, 5.74) is 1.01. The number of hydrogen-bond acceptors (Lipinski definition) is 5. The minimum Gasteiger partial charge on any atom is -0.353 e. The van der Waals surface area contributed by atoms with E-state index >= 15 is 0 Å². The van der Waals surface area contributed by atoms with Gasteiger partial charge < -0.3 is 15.1 Å². The van der Waals surface area contributed by atoms with E-state index in [1.807, 2.05) is 17.9 Å². The van der Waals surface area contributed by atoms with Gasteiger partial charge in [-0.1, -0.05) is 20.3 Å². The molecule has 2 aliphatic rings. The van der Waals surface area contributed by atoms with Crippen molar-refractivity contribution in [2.75, 3.05) is 37.6 Å². The normalized spacial score (nSPS) is 20.4. The molecule has 0 aliphatic carbocycles. The van der Waals surface area contributed by atoms with Gasteiger partial charge in [-0.3, -0.25) is 4.79 Å². The van der Waals surface area contributed by atoms with Crippen LogP contribution in [-0.2, 0) is 4.79 Å². The highest BCUT2D eigenvalue weighted by Crippen LogP contribution is 2.19. The van der Waals surface area contributed by atoms with Crippen molar-refractivity contribution in [1.82, 2.24) is 20.2 Å². The summed E-state index contributed by atoms with van der Waals surface area (Å²) < 4.78 is 0. The van der Waals surface area contributed by atoms with Gasteiger partial charge in [0.15, 0.2) is 0 Å². The lowest BCUT2D eigenvalue weighted by Gasteiger charge is -2.38. The Balaban J connectivity index is 0.00000169. The van der Waals surface area contributed by atoms with Crippen LogP contribution in [0.4, 0.5) is 5.82 Å². The highest BCUT2D eigenvalue weighted by molar-refractivity contribution is 5.85. The third-order valence-corrected chi connectivity index (χ3v) is 4.90. The minimum absolute atomic E-state index is 0. The quantitative estimate of drug-likeness (QED) is 0.839. The fraction of sp³-hybridized carbons (Fsp3) is 0.722. The first-order valence-corrected chi connectivity index (χ1v) is 9.17. The first kappa shape index (κ1) is 22.9. The number of aromatic nitrogens is 2. The van der Waals surface area contributed by atoms with Crippen LogP contribution in [0.25, 0.3) is 0 Å². The Morgan fingerprint density at radius 3 is 2.42 bits per heavy atom. The molecule has 0 saturated carbocycles. The van der Waals surface area contributed by atoms with Crippen LogP contribution < -0.4 is 10.2 Å². The Hall–Kier alpha value is -1.11. The molecule has 0 aromatic carbocycles. The minimum atomic E-state index is 0. The number of rotatable bonds is 3. The molecule has 148 valence electrons. The number of carbonyl (C=O) groups excluding carboxylic acids is 1. The van der Waals surface area contributed by atoms with Crippen LogP contribution in [0, 0.1) is 6.92 Å². The average molecular weight is 404 g/mol. The van der Waals surface area contributed by atoms with Gasteiger partial charge in [0.2, 0.25) is 5.91 Å².